The second-order valence-corrected chi connectivity index (χ2v) is 6.18. The third-order valence-electron chi connectivity index (χ3n) is 4.88. The van der Waals surface area contributed by atoms with Crippen LogP contribution in [0.3, 0.4) is 0 Å². The molecule has 3 aliphatic heterocycles. The van der Waals surface area contributed by atoms with Crippen LogP contribution in [0.5, 0.6) is 0 Å². The number of ether oxygens (including phenoxy) is 2. The number of rotatable bonds is 4. The van der Waals surface area contributed by atoms with Crippen molar-refractivity contribution in [3.8, 4) is 0 Å². The predicted molar refractivity (Wildman–Crippen MR) is 76.6 cm³/mol. The number of piperidine rings is 1. The van der Waals surface area contributed by atoms with Gasteiger partial charge >= 0.3 is 0 Å². The van der Waals surface area contributed by atoms with Gasteiger partial charge in [-0.3, -0.25) is 9.63 Å². The molecule has 3 rings (SSSR count). The Balaban J connectivity index is 1.63. The topological polar surface area (TPSA) is 51.2 Å². The fourth-order valence-corrected chi connectivity index (χ4v) is 3.72. The average molecular weight is 298 g/mol. The summed E-state index contributed by atoms with van der Waals surface area (Å²) >= 11 is 0. The van der Waals surface area contributed by atoms with Crippen molar-refractivity contribution in [2.24, 2.45) is 11.8 Å². The number of hydrogen-bond acceptors (Lipinski definition) is 5. The van der Waals surface area contributed by atoms with Gasteiger partial charge in [0.05, 0.1) is 25.9 Å². The van der Waals surface area contributed by atoms with Gasteiger partial charge in [-0.25, -0.2) is 5.06 Å². The van der Waals surface area contributed by atoms with Crippen molar-refractivity contribution < 1.29 is 19.1 Å². The number of fused-ring (bicyclic) bond motifs is 1. The lowest BCUT2D eigenvalue weighted by Gasteiger charge is -2.45. The fourth-order valence-electron chi connectivity index (χ4n) is 3.72. The van der Waals surface area contributed by atoms with Crippen LogP contribution >= 0.6 is 0 Å². The van der Waals surface area contributed by atoms with Gasteiger partial charge in [-0.15, -0.1) is 0 Å². The first-order valence-corrected chi connectivity index (χ1v) is 8.07. The number of hydrogen-bond donors (Lipinski definition) is 0. The monoisotopic (exact) mass is 298 g/mol. The van der Waals surface area contributed by atoms with E-state index in [2.05, 4.69) is 4.90 Å². The molecule has 0 aliphatic carbocycles. The summed E-state index contributed by atoms with van der Waals surface area (Å²) in [6.45, 7) is 5.74. The maximum atomic E-state index is 12.7. The number of methoxy groups -OCH3 is 1. The van der Waals surface area contributed by atoms with E-state index in [9.17, 15) is 4.79 Å². The smallest absolute Gasteiger partial charge is 0.249 e. The van der Waals surface area contributed by atoms with Gasteiger partial charge in [0, 0.05) is 45.2 Å². The molecule has 0 bridgehead atoms. The maximum absolute atomic E-state index is 12.7. The predicted octanol–water partition coefficient (Wildman–Crippen LogP) is 0.524. The van der Waals surface area contributed by atoms with Crippen LogP contribution in [0.4, 0.5) is 0 Å². The van der Waals surface area contributed by atoms with Gasteiger partial charge in [0.25, 0.3) is 0 Å². The average Bonchev–Trinajstić information content (AvgIpc) is 3.06. The molecular formula is C15H26N2O4. The lowest BCUT2D eigenvalue weighted by Crippen LogP contribution is -2.54. The minimum absolute atomic E-state index is 0.0483. The molecule has 21 heavy (non-hydrogen) atoms. The number of hydroxylamine groups is 2. The molecule has 0 saturated carbocycles. The van der Waals surface area contributed by atoms with Gasteiger partial charge in [-0.2, -0.15) is 0 Å². The van der Waals surface area contributed by atoms with E-state index in [-0.39, 0.29) is 17.9 Å². The minimum atomic E-state index is 0.0483. The zero-order valence-corrected chi connectivity index (χ0v) is 12.8. The lowest BCUT2D eigenvalue weighted by atomic mass is 9.79. The summed E-state index contributed by atoms with van der Waals surface area (Å²) in [5, 5.41) is 1.58. The Morgan fingerprint density at radius 1 is 1.29 bits per heavy atom. The maximum Gasteiger partial charge on any atom is 0.249 e. The molecule has 0 aromatic rings. The zero-order valence-electron chi connectivity index (χ0n) is 12.8. The van der Waals surface area contributed by atoms with E-state index in [0.29, 0.717) is 19.1 Å². The normalized spacial score (nSPS) is 34.0. The molecule has 0 unspecified atom stereocenters. The van der Waals surface area contributed by atoms with Gasteiger partial charge in [0.2, 0.25) is 5.91 Å². The van der Waals surface area contributed by atoms with Crippen molar-refractivity contribution >= 4 is 5.91 Å². The van der Waals surface area contributed by atoms with Crippen molar-refractivity contribution in [3.05, 3.63) is 0 Å². The molecule has 0 aromatic carbocycles. The molecular weight excluding hydrogens is 272 g/mol. The van der Waals surface area contributed by atoms with Crippen LogP contribution in [0.15, 0.2) is 0 Å². The number of carbonyl (C=O) groups excluding carboxylic acids is 1. The summed E-state index contributed by atoms with van der Waals surface area (Å²) in [5.74, 6) is 0.507. The molecule has 3 atom stereocenters. The fraction of sp³-hybridized carbons (Fsp3) is 0.933. The molecule has 3 aliphatic rings. The Morgan fingerprint density at radius 2 is 2.19 bits per heavy atom. The second kappa shape index (κ2) is 7.05. The Labute approximate surface area is 126 Å². The molecule has 3 saturated heterocycles. The summed E-state index contributed by atoms with van der Waals surface area (Å²) in [7, 11) is 1.73. The Morgan fingerprint density at radius 3 is 2.95 bits per heavy atom. The van der Waals surface area contributed by atoms with Crippen LogP contribution in [0.1, 0.15) is 19.3 Å². The molecule has 6 nitrogen and oxygen atoms in total. The van der Waals surface area contributed by atoms with Crippen LogP contribution in [-0.2, 0) is 19.1 Å². The van der Waals surface area contributed by atoms with Crippen molar-refractivity contribution in [1.82, 2.24) is 9.96 Å². The van der Waals surface area contributed by atoms with Gasteiger partial charge in [0.15, 0.2) is 0 Å². The summed E-state index contributed by atoms with van der Waals surface area (Å²) in [4.78, 5) is 20.5. The number of likely N-dealkylation sites (tertiary alicyclic amines) is 1. The first-order chi connectivity index (χ1) is 10.3. The second-order valence-electron chi connectivity index (χ2n) is 6.18. The highest BCUT2D eigenvalue weighted by molar-refractivity contribution is 5.78. The quantitative estimate of drug-likeness (QED) is 0.757. The number of amides is 1. The number of carbonyl (C=O) groups is 1. The molecule has 3 fully saturated rings. The summed E-state index contributed by atoms with van der Waals surface area (Å²) < 4.78 is 11.1. The zero-order chi connectivity index (χ0) is 14.7. The van der Waals surface area contributed by atoms with Crippen molar-refractivity contribution in [1.29, 1.82) is 0 Å². The van der Waals surface area contributed by atoms with Gasteiger partial charge in [0.1, 0.15) is 0 Å². The van der Waals surface area contributed by atoms with E-state index < -0.39 is 0 Å². The highest BCUT2D eigenvalue weighted by atomic mass is 16.7. The molecule has 0 N–H and O–H groups in total. The highest BCUT2D eigenvalue weighted by Gasteiger charge is 2.43. The van der Waals surface area contributed by atoms with E-state index in [1.165, 1.54) is 0 Å². The van der Waals surface area contributed by atoms with E-state index in [1.807, 2.05) is 0 Å². The van der Waals surface area contributed by atoms with Crippen LogP contribution in [-0.4, -0.2) is 75.1 Å². The molecule has 0 spiro atoms. The summed E-state index contributed by atoms with van der Waals surface area (Å²) in [6.07, 6.45) is 3.01. The van der Waals surface area contributed by atoms with E-state index in [1.54, 1.807) is 12.2 Å². The van der Waals surface area contributed by atoms with Crippen molar-refractivity contribution in [2.45, 2.75) is 25.4 Å². The van der Waals surface area contributed by atoms with Crippen molar-refractivity contribution in [2.75, 3.05) is 53.1 Å². The molecule has 6 heteroatoms. The van der Waals surface area contributed by atoms with E-state index in [0.717, 1.165) is 52.0 Å². The van der Waals surface area contributed by atoms with Crippen LogP contribution in [0, 0.1) is 11.8 Å². The third-order valence-corrected chi connectivity index (χ3v) is 4.88. The minimum Gasteiger partial charge on any atom is -0.383 e. The Hall–Kier alpha value is -0.690. The molecule has 0 aromatic heterocycles. The van der Waals surface area contributed by atoms with Crippen LogP contribution in [0.2, 0.25) is 0 Å². The van der Waals surface area contributed by atoms with Gasteiger partial charge < -0.3 is 14.4 Å². The third kappa shape index (κ3) is 3.39. The molecule has 1 amide bonds. The standard InChI is InChI=1S/C15H26N2O4/c1-19-10-7-16-6-3-14-13(11-16)12(4-9-20-14)15(18)17-5-2-8-21-17/h12-14H,2-11H2,1H3/t12-,13+,14-/m1/s1. The largest absolute Gasteiger partial charge is 0.383 e. The number of nitrogens with zero attached hydrogens (tertiary/aromatic N) is 2. The first kappa shape index (κ1) is 15.2. The van der Waals surface area contributed by atoms with E-state index in [4.69, 9.17) is 14.3 Å². The Bertz CT molecular complexity index is 360. The van der Waals surface area contributed by atoms with E-state index >= 15 is 0 Å². The van der Waals surface area contributed by atoms with Crippen LogP contribution < -0.4 is 0 Å². The highest BCUT2D eigenvalue weighted by Crippen LogP contribution is 2.34. The van der Waals surface area contributed by atoms with Gasteiger partial charge in [-0.1, -0.05) is 0 Å². The van der Waals surface area contributed by atoms with Crippen molar-refractivity contribution in [3.63, 3.8) is 0 Å². The lowest BCUT2D eigenvalue weighted by molar-refractivity contribution is -0.185. The van der Waals surface area contributed by atoms with Gasteiger partial charge in [-0.05, 0) is 19.3 Å². The Kier molecular flexibility index (Phi) is 5.11. The molecule has 120 valence electrons. The summed E-state index contributed by atoms with van der Waals surface area (Å²) in [5.41, 5.74) is 0. The van der Waals surface area contributed by atoms with Crippen LogP contribution in [0.25, 0.3) is 0 Å². The first-order valence-electron chi connectivity index (χ1n) is 8.07. The SMILES string of the molecule is COCCN1CC[C@H]2OCC[C@@H](C(=O)N3CCCO3)[C@@H]2C1. The molecule has 3 heterocycles. The summed E-state index contributed by atoms with van der Waals surface area (Å²) in [6, 6.07) is 0. The molecule has 0 radical (unpaired) electrons.